The Morgan fingerprint density at radius 3 is 2.54 bits per heavy atom. The maximum absolute atomic E-state index is 3.94. The summed E-state index contributed by atoms with van der Waals surface area (Å²) in [5.41, 5.74) is 2.72. The number of hydrogen-bond donors (Lipinski definition) is 0. The van der Waals surface area contributed by atoms with E-state index in [9.17, 15) is 0 Å². The molecule has 0 bridgehead atoms. The van der Waals surface area contributed by atoms with Crippen molar-refractivity contribution in [1.29, 1.82) is 0 Å². The van der Waals surface area contributed by atoms with E-state index in [4.69, 9.17) is 0 Å². The summed E-state index contributed by atoms with van der Waals surface area (Å²) in [5.74, 6) is 0. The molecule has 0 fully saturated rings. The minimum Gasteiger partial charge on any atom is -0.343 e. The molecule has 1 rings (SSSR count). The SMILES string of the molecule is [CH2-]CC(C)(C)c1[c-]ccc(C)c1.[Y]. The van der Waals surface area contributed by atoms with Crippen LogP contribution in [0, 0.1) is 19.9 Å². The Morgan fingerprint density at radius 2 is 2.08 bits per heavy atom. The molecule has 0 unspecified atom stereocenters. The molecular weight excluding hydrogens is 233 g/mol. The maximum Gasteiger partial charge on any atom is 0 e. The summed E-state index contributed by atoms with van der Waals surface area (Å²) in [6.07, 6.45) is 0.910. The van der Waals surface area contributed by atoms with Gasteiger partial charge in [0.2, 0.25) is 0 Å². The summed E-state index contributed by atoms with van der Waals surface area (Å²) in [6, 6.07) is 9.51. The molecule has 69 valence electrons. The Labute approximate surface area is 107 Å². The van der Waals surface area contributed by atoms with Crippen molar-refractivity contribution in [3.05, 3.63) is 42.3 Å². The minimum absolute atomic E-state index is 0. The fourth-order valence-corrected chi connectivity index (χ4v) is 1.11. The summed E-state index contributed by atoms with van der Waals surface area (Å²) in [6.45, 7) is 10.5. The quantitative estimate of drug-likeness (QED) is 0.705. The molecular formula is C12H16Y-2. The zero-order valence-corrected chi connectivity index (χ0v) is 11.6. The Balaban J connectivity index is 0.00000144. The average molecular weight is 249 g/mol. The zero-order chi connectivity index (χ0) is 9.19. The van der Waals surface area contributed by atoms with Gasteiger partial charge in [-0.2, -0.15) is 41.8 Å². The third kappa shape index (κ3) is 3.52. The van der Waals surface area contributed by atoms with Crippen molar-refractivity contribution in [2.75, 3.05) is 0 Å². The predicted molar refractivity (Wildman–Crippen MR) is 53.0 cm³/mol. The second kappa shape index (κ2) is 5.27. The molecule has 0 nitrogen and oxygen atoms in total. The van der Waals surface area contributed by atoms with Gasteiger partial charge in [-0.3, -0.25) is 0 Å². The van der Waals surface area contributed by atoms with Gasteiger partial charge >= 0.3 is 0 Å². The fraction of sp³-hybridized carbons (Fsp3) is 0.417. The van der Waals surface area contributed by atoms with E-state index in [0.29, 0.717) is 0 Å². The summed E-state index contributed by atoms with van der Waals surface area (Å²) in [4.78, 5) is 0. The third-order valence-corrected chi connectivity index (χ3v) is 2.31. The second-order valence-corrected chi connectivity index (χ2v) is 3.91. The largest absolute Gasteiger partial charge is 0.343 e. The normalized spacial score (nSPS) is 10.8. The number of benzene rings is 1. The Kier molecular flexibility index (Phi) is 5.40. The van der Waals surface area contributed by atoms with E-state index in [1.54, 1.807) is 0 Å². The molecule has 0 amide bonds. The van der Waals surface area contributed by atoms with Crippen LogP contribution in [0.5, 0.6) is 0 Å². The van der Waals surface area contributed by atoms with Crippen LogP contribution in [0.1, 0.15) is 31.4 Å². The van der Waals surface area contributed by atoms with E-state index in [0.717, 1.165) is 6.42 Å². The van der Waals surface area contributed by atoms with E-state index in [-0.39, 0.29) is 38.1 Å². The summed E-state index contributed by atoms with van der Waals surface area (Å²) < 4.78 is 0. The van der Waals surface area contributed by atoms with Crippen LogP contribution >= 0.6 is 0 Å². The van der Waals surface area contributed by atoms with Crippen LogP contribution < -0.4 is 0 Å². The monoisotopic (exact) mass is 249 g/mol. The fourth-order valence-electron chi connectivity index (χ4n) is 1.11. The van der Waals surface area contributed by atoms with Crippen molar-refractivity contribution in [1.82, 2.24) is 0 Å². The first-order chi connectivity index (χ1) is 5.56. The molecule has 0 saturated heterocycles. The van der Waals surface area contributed by atoms with Gasteiger partial charge < -0.3 is 6.92 Å². The van der Waals surface area contributed by atoms with E-state index in [1.807, 2.05) is 6.07 Å². The smallest absolute Gasteiger partial charge is 0 e. The van der Waals surface area contributed by atoms with Crippen LogP contribution in [-0.4, -0.2) is 0 Å². The topological polar surface area (TPSA) is 0 Å². The van der Waals surface area contributed by atoms with Crippen molar-refractivity contribution >= 4 is 0 Å². The van der Waals surface area contributed by atoms with Crippen LogP contribution in [-0.2, 0) is 38.1 Å². The molecule has 0 atom stereocenters. The van der Waals surface area contributed by atoms with Crippen LogP contribution in [0.4, 0.5) is 0 Å². The molecule has 0 aliphatic heterocycles. The molecule has 0 N–H and O–H groups in total. The van der Waals surface area contributed by atoms with Gasteiger partial charge in [-0.15, -0.1) is 0 Å². The van der Waals surface area contributed by atoms with Gasteiger partial charge in [-0.1, -0.05) is 26.2 Å². The van der Waals surface area contributed by atoms with Gasteiger partial charge in [0.1, 0.15) is 0 Å². The van der Waals surface area contributed by atoms with E-state index < -0.39 is 0 Å². The van der Waals surface area contributed by atoms with E-state index in [1.165, 1.54) is 11.1 Å². The molecule has 0 saturated carbocycles. The van der Waals surface area contributed by atoms with Crippen molar-refractivity contribution in [3.63, 3.8) is 0 Å². The van der Waals surface area contributed by atoms with Gasteiger partial charge in [0.25, 0.3) is 0 Å². The van der Waals surface area contributed by atoms with Crippen LogP contribution in [0.15, 0.2) is 18.2 Å². The first kappa shape index (κ1) is 13.3. The molecule has 0 heterocycles. The van der Waals surface area contributed by atoms with Crippen LogP contribution in [0.3, 0.4) is 0 Å². The molecule has 1 aromatic rings. The molecule has 13 heavy (non-hydrogen) atoms. The zero-order valence-electron chi connectivity index (χ0n) is 8.72. The predicted octanol–water partition coefficient (Wildman–Crippen LogP) is 3.29. The second-order valence-electron chi connectivity index (χ2n) is 3.91. The van der Waals surface area contributed by atoms with Gasteiger partial charge in [-0.25, -0.2) is 0 Å². The van der Waals surface area contributed by atoms with E-state index in [2.05, 4.69) is 45.9 Å². The van der Waals surface area contributed by atoms with E-state index >= 15 is 0 Å². The maximum atomic E-state index is 3.94. The molecule has 1 heteroatoms. The third-order valence-electron chi connectivity index (χ3n) is 2.31. The average Bonchev–Trinajstić information content (AvgIpc) is 2.05. The molecule has 0 aliphatic rings. The Morgan fingerprint density at radius 1 is 1.46 bits per heavy atom. The molecule has 1 aromatic carbocycles. The molecule has 0 aliphatic carbocycles. The van der Waals surface area contributed by atoms with Crippen LogP contribution in [0.25, 0.3) is 0 Å². The van der Waals surface area contributed by atoms with Crippen molar-refractivity contribution in [3.8, 4) is 0 Å². The number of rotatable bonds is 2. The van der Waals surface area contributed by atoms with Crippen molar-refractivity contribution < 1.29 is 32.7 Å². The number of hydrogen-bond acceptors (Lipinski definition) is 0. The number of aryl methyl sites for hydroxylation is 1. The Bertz CT molecular complexity index is 264. The summed E-state index contributed by atoms with van der Waals surface area (Å²) >= 11 is 0. The standard InChI is InChI=1S/C12H16.Y/c1-5-12(3,4)11-8-6-7-10(2)9-11;/h6-7,9H,1,5H2,2-4H3;/q-2;. The van der Waals surface area contributed by atoms with Gasteiger partial charge in [0.05, 0.1) is 0 Å². The van der Waals surface area contributed by atoms with Gasteiger partial charge in [0, 0.05) is 32.7 Å². The van der Waals surface area contributed by atoms with Gasteiger partial charge in [-0.05, 0) is 0 Å². The summed E-state index contributed by atoms with van der Waals surface area (Å²) in [7, 11) is 0. The Hall–Kier alpha value is 0.324. The summed E-state index contributed by atoms with van der Waals surface area (Å²) in [5, 5.41) is 0. The van der Waals surface area contributed by atoms with Crippen molar-refractivity contribution in [2.45, 2.75) is 32.6 Å². The molecule has 1 radical (unpaired) electrons. The first-order valence-electron chi connectivity index (χ1n) is 4.34. The van der Waals surface area contributed by atoms with Crippen LogP contribution in [0.2, 0.25) is 0 Å². The first-order valence-corrected chi connectivity index (χ1v) is 4.34. The minimum atomic E-state index is 0. The van der Waals surface area contributed by atoms with Gasteiger partial charge in [0.15, 0.2) is 0 Å². The molecule has 0 spiro atoms. The molecule has 0 aromatic heterocycles. The van der Waals surface area contributed by atoms with Crippen molar-refractivity contribution in [2.24, 2.45) is 0 Å².